The lowest BCUT2D eigenvalue weighted by molar-refractivity contribution is -0.126. The van der Waals surface area contributed by atoms with E-state index in [4.69, 9.17) is 43.7 Å². The third-order valence-corrected chi connectivity index (χ3v) is 12.6. The molecule has 2 heterocycles. The molecule has 0 radical (unpaired) electrons. The number of rotatable bonds is 25. The first kappa shape index (κ1) is 50.8. The summed E-state index contributed by atoms with van der Waals surface area (Å²) in [6, 6.07) is 6.54. The van der Waals surface area contributed by atoms with Crippen molar-refractivity contribution >= 4 is 69.5 Å². The minimum Gasteiger partial charge on any atom is -0.490 e. The van der Waals surface area contributed by atoms with E-state index >= 15 is 0 Å². The molecule has 6 atom stereocenters. The lowest BCUT2D eigenvalue weighted by atomic mass is 10.2. The number of aromatic amines is 1. The number of phosphoric ester groups is 1. The van der Waals surface area contributed by atoms with Crippen LogP contribution in [-0.4, -0.2) is 123 Å². The Morgan fingerprint density at radius 2 is 1.90 bits per heavy atom. The molecular weight excluding hydrogens is 911 g/mol. The summed E-state index contributed by atoms with van der Waals surface area (Å²) in [5, 5.41) is 5.15. The third kappa shape index (κ3) is 19.4. The van der Waals surface area contributed by atoms with Crippen molar-refractivity contribution in [3.05, 3.63) is 62.4 Å². The number of nitrogens with one attached hydrogen (secondary N) is 3. The SMILES string of the molecule is CSSCOC1C[C@H](n2cc(C#CCNC(=O)COCCOC(S)COc3cccc(C(=O)NCCN)c3)c(=O)[nH]c2=O)O[C@@H]1COP(=O)(O)OP(=O)(O)OP(=O)(O)O. The highest BCUT2D eigenvalue weighted by Crippen LogP contribution is 2.66. The predicted molar refractivity (Wildman–Crippen MR) is 213 cm³/mol. The van der Waals surface area contributed by atoms with Crippen molar-refractivity contribution in [1.29, 1.82) is 0 Å². The molecule has 30 heteroatoms. The van der Waals surface area contributed by atoms with E-state index in [1.807, 2.05) is 0 Å². The zero-order valence-corrected chi connectivity index (χ0v) is 36.0. The quantitative estimate of drug-likeness (QED) is 0.0158. The van der Waals surface area contributed by atoms with Crippen LogP contribution in [0.3, 0.4) is 0 Å². The minimum absolute atomic E-state index is 0.0363. The first-order chi connectivity index (χ1) is 27.8. The predicted octanol–water partition coefficient (Wildman–Crippen LogP) is 0.0456. The number of hydrogen-bond acceptors (Lipinski definition) is 19. The van der Waals surface area contributed by atoms with E-state index in [0.717, 1.165) is 10.8 Å². The Labute approximate surface area is 349 Å². The van der Waals surface area contributed by atoms with E-state index in [0.29, 0.717) is 24.4 Å². The Hall–Kier alpha value is -2.54. The van der Waals surface area contributed by atoms with E-state index in [1.54, 1.807) is 30.5 Å². The monoisotopic (exact) mass is 953 g/mol. The number of nitrogens with two attached hydrogens (primary N) is 1. The Kier molecular flexibility index (Phi) is 21.3. The summed E-state index contributed by atoms with van der Waals surface area (Å²) in [4.78, 5) is 88.3. The highest BCUT2D eigenvalue weighted by atomic mass is 33.1. The lowest BCUT2D eigenvalue weighted by Crippen LogP contribution is -2.34. The van der Waals surface area contributed by atoms with Crippen LogP contribution in [0.1, 0.15) is 28.6 Å². The topological polar surface area (TPSA) is 345 Å². The fourth-order valence-corrected chi connectivity index (χ4v) is 8.58. The fraction of sp³-hybridized carbons (Fsp3) is 0.517. The van der Waals surface area contributed by atoms with Gasteiger partial charge in [0.1, 0.15) is 48.2 Å². The van der Waals surface area contributed by atoms with E-state index in [9.17, 15) is 42.7 Å². The zero-order chi connectivity index (χ0) is 43.6. The van der Waals surface area contributed by atoms with E-state index in [-0.39, 0.29) is 56.8 Å². The largest absolute Gasteiger partial charge is 0.490 e. The number of thiol groups is 1. The number of carbonyl (C=O) groups is 2. The summed E-state index contributed by atoms with van der Waals surface area (Å²) >= 11 is 4.30. The Balaban J connectivity index is 1.47. The van der Waals surface area contributed by atoms with Gasteiger partial charge in [-0.25, -0.2) is 18.5 Å². The summed E-state index contributed by atoms with van der Waals surface area (Å²) in [7, 11) is -14.3. The van der Waals surface area contributed by atoms with Crippen molar-refractivity contribution in [2.75, 3.05) is 64.9 Å². The van der Waals surface area contributed by atoms with Gasteiger partial charge in [-0.05, 0) is 24.5 Å². The number of benzene rings is 1. The summed E-state index contributed by atoms with van der Waals surface area (Å²) in [5.74, 6) is 4.82. The van der Waals surface area contributed by atoms with Gasteiger partial charge in [-0.15, -0.1) is 12.6 Å². The number of phosphoric acid groups is 3. The first-order valence-corrected chi connectivity index (χ1v) is 24.5. The number of ether oxygens (including phenoxy) is 5. The number of amides is 2. The van der Waals surface area contributed by atoms with Crippen LogP contribution in [0.4, 0.5) is 0 Å². The molecule has 3 rings (SSSR count). The van der Waals surface area contributed by atoms with Gasteiger partial charge in [0.2, 0.25) is 5.91 Å². The molecule has 2 aromatic rings. The normalized spacial score (nSPS) is 19.1. The molecule has 1 fully saturated rings. The number of aromatic nitrogens is 2. The maximum absolute atomic E-state index is 12.7. The van der Waals surface area contributed by atoms with Crippen molar-refractivity contribution in [3.8, 4) is 17.6 Å². The molecule has 1 saturated heterocycles. The van der Waals surface area contributed by atoms with Crippen LogP contribution in [0.15, 0.2) is 40.1 Å². The first-order valence-electron chi connectivity index (χ1n) is 16.7. The number of carbonyl (C=O) groups excluding carboxylic acids is 2. The van der Waals surface area contributed by atoms with Crippen molar-refractivity contribution in [2.45, 2.75) is 30.3 Å². The molecule has 0 saturated carbocycles. The molecule has 1 aliphatic rings. The number of hydrogen-bond donors (Lipinski definition) is 9. The van der Waals surface area contributed by atoms with Crippen LogP contribution in [-0.2, 0) is 50.6 Å². The molecule has 1 aliphatic heterocycles. The maximum atomic E-state index is 12.7. The van der Waals surface area contributed by atoms with E-state index in [2.05, 4.69) is 48.7 Å². The second-order valence-corrected chi connectivity index (χ2v) is 18.9. The van der Waals surface area contributed by atoms with Gasteiger partial charge in [-0.2, -0.15) is 8.62 Å². The molecule has 330 valence electrons. The molecule has 1 aromatic heterocycles. The van der Waals surface area contributed by atoms with E-state index < -0.39 is 71.1 Å². The highest BCUT2D eigenvalue weighted by Gasteiger charge is 2.43. The van der Waals surface area contributed by atoms with Gasteiger partial charge >= 0.3 is 29.2 Å². The van der Waals surface area contributed by atoms with Crippen LogP contribution >= 0.6 is 57.7 Å². The van der Waals surface area contributed by atoms with Crippen molar-refractivity contribution in [1.82, 2.24) is 20.2 Å². The van der Waals surface area contributed by atoms with Crippen molar-refractivity contribution in [3.63, 3.8) is 0 Å². The smallest absolute Gasteiger partial charge is 0.490 e. The number of H-pyrrole nitrogens is 1. The van der Waals surface area contributed by atoms with Gasteiger partial charge in [-0.1, -0.05) is 39.5 Å². The van der Waals surface area contributed by atoms with Crippen LogP contribution in [0.25, 0.3) is 0 Å². The van der Waals surface area contributed by atoms with Gasteiger partial charge in [0.05, 0.1) is 32.5 Å². The molecular formula is C29H42N5O19P3S3. The van der Waals surface area contributed by atoms with Crippen molar-refractivity contribution in [2.24, 2.45) is 5.73 Å². The summed E-state index contributed by atoms with van der Waals surface area (Å²) in [5.41, 5.74) is 3.19. The Bertz CT molecular complexity index is 2050. The maximum Gasteiger partial charge on any atom is 0.490 e. The van der Waals surface area contributed by atoms with Crippen LogP contribution in [0, 0.1) is 11.8 Å². The molecule has 4 unspecified atom stereocenters. The van der Waals surface area contributed by atoms with Crippen LogP contribution in [0.2, 0.25) is 0 Å². The summed E-state index contributed by atoms with van der Waals surface area (Å²) in [6.07, 6.45) is -0.533. The van der Waals surface area contributed by atoms with Gasteiger partial charge in [0.15, 0.2) is 0 Å². The molecule has 24 nitrogen and oxygen atoms in total. The molecule has 0 spiro atoms. The van der Waals surface area contributed by atoms with Crippen molar-refractivity contribution < 1.29 is 79.7 Å². The minimum atomic E-state index is -5.77. The highest BCUT2D eigenvalue weighted by molar-refractivity contribution is 8.76. The van der Waals surface area contributed by atoms with Gasteiger partial charge in [0.25, 0.3) is 11.5 Å². The van der Waals surface area contributed by atoms with Crippen LogP contribution < -0.4 is 32.4 Å². The summed E-state index contributed by atoms with van der Waals surface area (Å²) < 4.78 is 75.9. The summed E-state index contributed by atoms with van der Waals surface area (Å²) in [6.45, 7) is -0.593. The molecule has 0 aliphatic carbocycles. The molecule has 0 bridgehead atoms. The average Bonchev–Trinajstić information content (AvgIpc) is 3.55. The standard InChI is InChI=1S/C29H42N5O19P3S3/c1-58-59-18-49-22-13-25(51-23(22)15-50-55(42,43)53-56(44,45)52-54(39,40)41)34-14-20(28(37)33-29(34)38)5-3-8-31-24(35)16-46-10-11-47-26(57)17-48-21-6-2-4-19(12-21)27(36)32-9-7-30/h2,4,6,12,14,22-23,25-26,57H,7-11,13,15-18,30H2,1H3,(H,31,35)(H,32,36)(H,42,43)(H,44,45)(H,33,37,38)(H2,39,40,41)/t22?,23-,25-,26?/m1/s1. The van der Waals surface area contributed by atoms with Gasteiger partial charge < -0.3 is 59.6 Å². The van der Waals surface area contributed by atoms with E-state index in [1.165, 1.54) is 21.6 Å². The van der Waals surface area contributed by atoms with Gasteiger partial charge in [-0.3, -0.25) is 28.5 Å². The second-order valence-electron chi connectivity index (χ2n) is 11.4. The Morgan fingerprint density at radius 1 is 1.14 bits per heavy atom. The molecule has 9 N–H and O–H groups in total. The molecule has 2 amide bonds. The third-order valence-electron chi connectivity index (χ3n) is 7.01. The van der Waals surface area contributed by atoms with Gasteiger partial charge in [0, 0.05) is 31.3 Å². The lowest BCUT2D eigenvalue weighted by Gasteiger charge is -2.21. The fourth-order valence-electron chi connectivity index (χ4n) is 4.59. The average molecular weight is 954 g/mol. The Morgan fingerprint density at radius 3 is 2.61 bits per heavy atom. The second kappa shape index (κ2) is 24.8. The van der Waals surface area contributed by atoms with Crippen LogP contribution in [0.5, 0.6) is 5.75 Å². The molecule has 1 aromatic carbocycles. The number of nitrogens with zero attached hydrogens (tertiary/aromatic N) is 1. The zero-order valence-electron chi connectivity index (χ0n) is 30.8. The molecule has 59 heavy (non-hydrogen) atoms.